The van der Waals surface area contributed by atoms with Gasteiger partial charge >= 0.3 is 0 Å². The third-order valence-electron chi connectivity index (χ3n) is 8.08. The highest BCUT2D eigenvalue weighted by Crippen LogP contribution is 2.33. The van der Waals surface area contributed by atoms with E-state index in [0.717, 1.165) is 54.6 Å². The second-order valence-corrected chi connectivity index (χ2v) is 12.1. The number of pyridine rings is 1. The van der Waals surface area contributed by atoms with E-state index in [1.807, 2.05) is 24.3 Å². The van der Waals surface area contributed by atoms with Gasteiger partial charge in [-0.15, -0.1) is 11.8 Å². The standard InChI is InChI=1S/C35H34FN3O4S/c1-42-30-18-22-14-16-39(21-24(22)19-31(30)43-2)15-5-17-44-26-12-10-25(11-13-26)37-32(40)20-23-6-3-7-27-33(23)38-34-28(35(27)41)8-4-9-29(34)36/h3-4,6-13,18-19H,5,14-17,20-21H2,1-2H3,(H,37,40)(H,38,41). The van der Waals surface area contributed by atoms with Crippen LogP contribution in [0.4, 0.5) is 10.1 Å². The molecular weight excluding hydrogens is 577 g/mol. The lowest BCUT2D eigenvalue weighted by Crippen LogP contribution is -2.31. The molecule has 226 valence electrons. The number of nitrogens with zero attached hydrogens (tertiary/aromatic N) is 1. The molecule has 0 atom stereocenters. The van der Waals surface area contributed by atoms with E-state index >= 15 is 0 Å². The zero-order chi connectivity index (χ0) is 30.6. The van der Waals surface area contributed by atoms with Gasteiger partial charge in [0.25, 0.3) is 0 Å². The average Bonchev–Trinajstić information content (AvgIpc) is 3.04. The van der Waals surface area contributed by atoms with Crippen LogP contribution in [0.5, 0.6) is 11.5 Å². The van der Waals surface area contributed by atoms with Crippen LogP contribution in [0.25, 0.3) is 21.8 Å². The molecule has 6 rings (SSSR count). The van der Waals surface area contributed by atoms with Gasteiger partial charge in [0.05, 0.1) is 31.7 Å². The molecule has 2 heterocycles. The molecule has 0 radical (unpaired) electrons. The van der Waals surface area contributed by atoms with Gasteiger partial charge in [0, 0.05) is 34.4 Å². The Labute approximate surface area is 259 Å². The molecule has 7 nitrogen and oxygen atoms in total. The summed E-state index contributed by atoms with van der Waals surface area (Å²) >= 11 is 1.80. The number of benzene rings is 4. The fourth-order valence-electron chi connectivity index (χ4n) is 5.82. The van der Waals surface area contributed by atoms with Crippen LogP contribution in [-0.2, 0) is 24.2 Å². The number of aromatic nitrogens is 1. The van der Waals surface area contributed by atoms with Crippen LogP contribution in [0.2, 0.25) is 0 Å². The Hall–Kier alpha value is -4.34. The highest BCUT2D eigenvalue weighted by Gasteiger charge is 2.19. The summed E-state index contributed by atoms with van der Waals surface area (Å²) < 4.78 is 25.4. The van der Waals surface area contributed by atoms with E-state index in [4.69, 9.17) is 9.47 Å². The van der Waals surface area contributed by atoms with Crippen LogP contribution in [0.1, 0.15) is 23.1 Å². The van der Waals surface area contributed by atoms with Crippen molar-refractivity contribution >= 4 is 45.2 Å². The van der Waals surface area contributed by atoms with E-state index in [1.165, 1.54) is 23.3 Å². The molecule has 0 aliphatic carbocycles. The first-order chi connectivity index (χ1) is 21.4. The molecule has 2 N–H and O–H groups in total. The van der Waals surface area contributed by atoms with Crippen molar-refractivity contribution in [3.05, 3.63) is 106 Å². The second-order valence-electron chi connectivity index (χ2n) is 10.9. The first-order valence-electron chi connectivity index (χ1n) is 14.6. The van der Waals surface area contributed by atoms with Crippen LogP contribution in [0.15, 0.2) is 82.5 Å². The zero-order valence-corrected chi connectivity index (χ0v) is 25.6. The normalized spacial score (nSPS) is 13.2. The summed E-state index contributed by atoms with van der Waals surface area (Å²) in [6, 6.07) is 21.7. The molecule has 1 aliphatic heterocycles. The van der Waals surface area contributed by atoms with Gasteiger partial charge < -0.3 is 19.8 Å². The van der Waals surface area contributed by atoms with Crippen molar-refractivity contribution in [3.63, 3.8) is 0 Å². The Kier molecular flexibility index (Phi) is 8.86. The van der Waals surface area contributed by atoms with Crippen LogP contribution >= 0.6 is 11.8 Å². The number of ether oxygens (including phenoxy) is 2. The first-order valence-corrected chi connectivity index (χ1v) is 15.6. The van der Waals surface area contributed by atoms with E-state index in [-0.39, 0.29) is 28.7 Å². The minimum atomic E-state index is -0.501. The summed E-state index contributed by atoms with van der Waals surface area (Å²) in [6.45, 7) is 2.97. The smallest absolute Gasteiger partial charge is 0.228 e. The Morgan fingerprint density at radius 1 is 0.955 bits per heavy atom. The van der Waals surface area contributed by atoms with Gasteiger partial charge in [0.15, 0.2) is 16.9 Å². The minimum absolute atomic E-state index is 0.0467. The lowest BCUT2D eigenvalue weighted by atomic mass is 9.98. The van der Waals surface area contributed by atoms with Crippen molar-refractivity contribution < 1.29 is 18.7 Å². The van der Waals surface area contributed by atoms with Crippen molar-refractivity contribution in [2.24, 2.45) is 0 Å². The predicted molar refractivity (Wildman–Crippen MR) is 175 cm³/mol. The number of nitrogens with one attached hydrogen (secondary N) is 2. The molecule has 1 amide bonds. The number of aromatic amines is 1. The molecule has 5 aromatic rings. The maximum absolute atomic E-state index is 14.4. The van der Waals surface area contributed by atoms with E-state index in [1.54, 1.807) is 50.2 Å². The van der Waals surface area contributed by atoms with Gasteiger partial charge in [-0.3, -0.25) is 14.5 Å². The van der Waals surface area contributed by atoms with Crippen LogP contribution in [0.3, 0.4) is 0 Å². The second kappa shape index (κ2) is 13.1. The van der Waals surface area contributed by atoms with Crippen molar-refractivity contribution in [2.45, 2.75) is 30.7 Å². The monoisotopic (exact) mass is 611 g/mol. The molecule has 0 unspecified atom stereocenters. The minimum Gasteiger partial charge on any atom is -0.493 e. The molecular formula is C35H34FN3O4S. The average molecular weight is 612 g/mol. The highest BCUT2D eigenvalue weighted by molar-refractivity contribution is 7.99. The number of anilines is 1. The van der Waals surface area contributed by atoms with Crippen molar-refractivity contribution in [2.75, 3.05) is 38.4 Å². The molecule has 0 bridgehead atoms. The molecule has 0 saturated heterocycles. The van der Waals surface area contributed by atoms with Gasteiger partial charge in [-0.05, 0) is 96.4 Å². The molecule has 0 fully saturated rings. The number of methoxy groups -OCH3 is 2. The Bertz CT molecular complexity index is 1890. The van der Waals surface area contributed by atoms with Gasteiger partial charge in [-0.2, -0.15) is 0 Å². The number of para-hydroxylation sites is 2. The van der Waals surface area contributed by atoms with Gasteiger partial charge in [0.1, 0.15) is 5.82 Å². The third kappa shape index (κ3) is 6.30. The molecule has 4 aromatic carbocycles. The number of rotatable bonds is 10. The van der Waals surface area contributed by atoms with Gasteiger partial charge in [0.2, 0.25) is 5.91 Å². The fourth-order valence-corrected chi connectivity index (χ4v) is 6.66. The summed E-state index contributed by atoms with van der Waals surface area (Å²) in [6.07, 6.45) is 2.12. The quantitative estimate of drug-likeness (QED) is 0.106. The van der Waals surface area contributed by atoms with E-state index in [2.05, 4.69) is 27.3 Å². The molecule has 1 aliphatic rings. The predicted octanol–water partition coefficient (Wildman–Crippen LogP) is 6.56. The van der Waals surface area contributed by atoms with E-state index < -0.39 is 5.82 Å². The number of hydrogen-bond acceptors (Lipinski definition) is 6. The Morgan fingerprint density at radius 3 is 2.41 bits per heavy atom. The first kappa shape index (κ1) is 29.7. The molecule has 9 heteroatoms. The summed E-state index contributed by atoms with van der Waals surface area (Å²) in [5.41, 5.74) is 4.33. The highest BCUT2D eigenvalue weighted by atomic mass is 32.2. The molecule has 0 saturated carbocycles. The van der Waals surface area contributed by atoms with Gasteiger partial charge in [-0.1, -0.05) is 18.2 Å². The summed E-state index contributed by atoms with van der Waals surface area (Å²) in [7, 11) is 3.34. The van der Waals surface area contributed by atoms with Crippen molar-refractivity contribution in [1.82, 2.24) is 9.88 Å². The molecule has 44 heavy (non-hydrogen) atoms. The SMILES string of the molecule is COc1cc2c(cc1OC)CN(CCCSc1ccc(NC(=O)Cc3cccc4c(=O)c5cccc(F)c5[nH]c34)cc1)CC2. The van der Waals surface area contributed by atoms with Crippen molar-refractivity contribution in [1.29, 1.82) is 0 Å². The number of amides is 1. The Morgan fingerprint density at radius 2 is 1.66 bits per heavy atom. The summed E-state index contributed by atoms with van der Waals surface area (Å²) in [4.78, 5) is 32.6. The van der Waals surface area contributed by atoms with Crippen molar-refractivity contribution in [3.8, 4) is 11.5 Å². The topological polar surface area (TPSA) is 83.7 Å². The van der Waals surface area contributed by atoms with E-state index in [0.29, 0.717) is 22.2 Å². The lowest BCUT2D eigenvalue weighted by Gasteiger charge is -2.29. The lowest BCUT2D eigenvalue weighted by molar-refractivity contribution is -0.115. The largest absolute Gasteiger partial charge is 0.493 e. The zero-order valence-electron chi connectivity index (χ0n) is 24.7. The number of carbonyl (C=O) groups is 1. The number of H-pyrrole nitrogens is 1. The number of hydrogen-bond donors (Lipinski definition) is 2. The summed E-state index contributed by atoms with van der Waals surface area (Å²) in [5, 5.41) is 3.66. The number of fused-ring (bicyclic) bond motifs is 3. The fraction of sp³-hybridized carbons (Fsp3) is 0.257. The number of carbonyl (C=O) groups excluding carboxylic acids is 1. The van der Waals surface area contributed by atoms with Crippen LogP contribution in [-0.4, -0.2) is 48.9 Å². The maximum Gasteiger partial charge on any atom is 0.228 e. The van der Waals surface area contributed by atoms with Crippen LogP contribution in [0, 0.1) is 5.82 Å². The Balaban J connectivity index is 1.01. The third-order valence-corrected chi connectivity index (χ3v) is 9.18. The van der Waals surface area contributed by atoms with Gasteiger partial charge in [-0.25, -0.2) is 4.39 Å². The summed E-state index contributed by atoms with van der Waals surface area (Å²) in [5.74, 6) is 1.84. The molecule has 0 spiro atoms. The molecule has 1 aromatic heterocycles. The van der Waals surface area contributed by atoms with E-state index in [9.17, 15) is 14.0 Å². The maximum atomic E-state index is 14.4. The van der Waals surface area contributed by atoms with Crippen LogP contribution < -0.4 is 20.2 Å². The number of thioether (sulfide) groups is 1. The number of halogens is 1.